The number of amides is 1. The van der Waals surface area contributed by atoms with Crippen LogP contribution in [0.1, 0.15) is 54.4 Å². The summed E-state index contributed by atoms with van der Waals surface area (Å²) in [6, 6.07) is 37.1. The summed E-state index contributed by atoms with van der Waals surface area (Å²) in [5, 5.41) is 12.2. The minimum atomic E-state index is -1.24. The highest BCUT2D eigenvalue weighted by Crippen LogP contribution is 2.53. The number of ether oxygens (including phenoxy) is 3. The van der Waals surface area contributed by atoms with Crippen LogP contribution < -0.4 is 4.74 Å². The van der Waals surface area contributed by atoms with Gasteiger partial charge in [0, 0.05) is 18.4 Å². The number of carbonyl (C=O) groups excluding carboxylic acids is 2. The van der Waals surface area contributed by atoms with E-state index in [0.717, 1.165) is 17.5 Å². The van der Waals surface area contributed by atoms with E-state index in [1.807, 2.05) is 66.7 Å². The molecule has 1 N–H and O–H groups in total. The lowest BCUT2D eigenvalue weighted by Crippen LogP contribution is -2.44. The van der Waals surface area contributed by atoms with E-state index in [2.05, 4.69) is 48.5 Å². The van der Waals surface area contributed by atoms with Crippen LogP contribution in [0, 0.1) is 11.8 Å². The molecule has 1 saturated heterocycles. The third-order valence-electron chi connectivity index (χ3n) is 9.50. The van der Waals surface area contributed by atoms with Crippen molar-refractivity contribution in [1.29, 1.82) is 0 Å². The number of hydrogen-bond donors (Lipinski definition) is 1. The Balaban J connectivity index is 1.17. The smallest absolute Gasteiger partial charge is 0.410 e. The largest absolute Gasteiger partial charge is 0.494 e. The number of hydrogen-bond acceptors (Lipinski definition) is 6. The van der Waals surface area contributed by atoms with E-state index in [1.165, 1.54) is 16.0 Å². The summed E-state index contributed by atoms with van der Waals surface area (Å²) in [4.78, 5) is 28.0. The molecular formula is C39H41NO6. The second-order valence-electron chi connectivity index (χ2n) is 12.2. The fraction of sp³-hybridized carbons (Fsp3) is 0.333. The predicted molar refractivity (Wildman–Crippen MR) is 175 cm³/mol. The molecule has 0 spiro atoms. The van der Waals surface area contributed by atoms with Gasteiger partial charge in [0.15, 0.2) is 0 Å². The molecule has 6 rings (SSSR count). The van der Waals surface area contributed by atoms with Crippen LogP contribution in [0.2, 0.25) is 0 Å². The monoisotopic (exact) mass is 619 g/mol. The quantitative estimate of drug-likeness (QED) is 0.181. The van der Waals surface area contributed by atoms with E-state index >= 15 is 0 Å². The van der Waals surface area contributed by atoms with Crippen molar-refractivity contribution >= 4 is 12.1 Å². The first-order valence-electron chi connectivity index (χ1n) is 16.2. The summed E-state index contributed by atoms with van der Waals surface area (Å²) < 4.78 is 17.3. The van der Waals surface area contributed by atoms with Crippen molar-refractivity contribution in [3.8, 4) is 5.75 Å². The second kappa shape index (κ2) is 14.2. The van der Waals surface area contributed by atoms with Crippen LogP contribution in [-0.4, -0.2) is 47.9 Å². The number of benzene rings is 4. The Morgan fingerprint density at radius 3 is 2.17 bits per heavy atom. The Hall–Kier alpha value is -4.62. The van der Waals surface area contributed by atoms with Crippen molar-refractivity contribution in [1.82, 2.24) is 4.90 Å². The van der Waals surface area contributed by atoms with E-state index < -0.39 is 23.7 Å². The maximum absolute atomic E-state index is 13.3. The summed E-state index contributed by atoms with van der Waals surface area (Å²) in [6.45, 7) is 2.74. The van der Waals surface area contributed by atoms with Crippen molar-refractivity contribution in [3.05, 3.63) is 138 Å². The van der Waals surface area contributed by atoms with E-state index in [1.54, 1.807) is 6.92 Å². The molecule has 238 valence electrons. The first kappa shape index (κ1) is 31.4. The van der Waals surface area contributed by atoms with Crippen LogP contribution >= 0.6 is 0 Å². The lowest BCUT2D eigenvalue weighted by molar-refractivity contribution is -0.149. The summed E-state index contributed by atoms with van der Waals surface area (Å²) in [5.74, 6) is -0.207. The fourth-order valence-corrected chi connectivity index (χ4v) is 7.27. The highest BCUT2D eigenvalue weighted by atomic mass is 16.6. The molecule has 2 aliphatic rings. The first-order valence-corrected chi connectivity index (χ1v) is 16.2. The molecule has 1 unspecified atom stereocenters. The molecular weight excluding hydrogens is 578 g/mol. The molecule has 0 bridgehead atoms. The second-order valence-corrected chi connectivity index (χ2v) is 12.2. The number of fused-ring (bicyclic) bond motifs is 1. The van der Waals surface area contributed by atoms with Crippen molar-refractivity contribution in [2.75, 3.05) is 19.8 Å². The molecule has 7 heteroatoms. The standard InChI is InChI=1S/C39H41NO6/c1-2-44-37(41)36-34-21-23-39(43,35(34)26-40(36)38(42)46-27-28-13-6-3-7-14-28)31-19-12-20-32(25-31)45-24-22-33(29-15-8-4-9-16-29)30-17-10-5-11-18-30/h3-20,25,33-36,43H,2,21-24,26-27H2,1H3/t34-,35-,36-,39?/m0/s1. The zero-order chi connectivity index (χ0) is 31.9. The zero-order valence-corrected chi connectivity index (χ0v) is 26.2. The highest BCUT2D eigenvalue weighted by Gasteiger charge is 2.60. The summed E-state index contributed by atoms with van der Waals surface area (Å²) in [6.07, 6.45) is 1.25. The van der Waals surface area contributed by atoms with Crippen molar-refractivity contribution in [2.45, 2.75) is 50.4 Å². The highest BCUT2D eigenvalue weighted by molar-refractivity contribution is 5.83. The Morgan fingerprint density at radius 2 is 1.52 bits per heavy atom. The molecule has 7 nitrogen and oxygen atoms in total. The third kappa shape index (κ3) is 6.65. The zero-order valence-electron chi connectivity index (χ0n) is 26.2. The van der Waals surface area contributed by atoms with Gasteiger partial charge in [-0.25, -0.2) is 9.59 Å². The average Bonchev–Trinajstić information content (AvgIpc) is 3.65. The minimum absolute atomic E-state index is 0.0973. The van der Waals surface area contributed by atoms with E-state index in [0.29, 0.717) is 25.2 Å². The first-order chi connectivity index (χ1) is 22.5. The van der Waals surface area contributed by atoms with Crippen LogP contribution in [0.15, 0.2) is 115 Å². The predicted octanol–water partition coefficient (Wildman–Crippen LogP) is 7.09. The van der Waals surface area contributed by atoms with Crippen LogP contribution in [0.3, 0.4) is 0 Å². The van der Waals surface area contributed by atoms with Gasteiger partial charge in [-0.1, -0.05) is 103 Å². The maximum atomic E-state index is 13.3. The van der Waals surface area contributed by atoms with Crippen LogP contribution in [0.25, 0.3) is 0 Å². The summed E-state index contributed by atoms with van der Waals surface area (Å²) in [5.41, 5.74) is 2.82. The summed E-state index contributed by atoms with van der Waals surface area (Å²) >= 11 is 0. The average molecular weight is 620 g/mol. The molecule has 1 aliphatic carbocycles. The fourth-order valence-electron chi connectivity index (χ4n) is 7.27. The van der Waals surface area contributed by atoms with Gasteiger partial charge in [0.25, 0.3) is 0 Å². The van der Waals surface area contributed by atoms with E-state index in [4.69, 9.17) is 14.2 Å². The van der Waals surface area contributed by atoms with Crippen molar-refractivity contribution in [2.24, 2.45) is 11.8 Å². The Labute approximate surface area is 270 Å². The number of likely N-dealkylation sites (tertiary alicyclic amines) is 1. The lowest BCUT2D eigenvalue weighted by atomic mass is 9.81. The third-order valence-corrected chi connectivity index (χ3v) is 9.50. The van der Waals surface area contributed by atoms with E-state index in [-0.39, 0.29) is 37.5 Å². The molecule has 0 radical (unpaired) electrons. The molecule has 4 atom stereocenters. The van der Waals surface area contributed by atoms with Gasteiger partial charge in [0.2, 0.25) is 0 Å². The van der Waals surface area contributed by atoms with Gasteiger partial charge in [-0.2, -0.15) is 0 Å². The van der Waals surface area contributed by atoms with Crippen LogP contribution in [0.5, 0.6) is 5.75 Å². The minimum Gasteiger partial charge on any atom is -0.494 e. The molecule has 1 heterocycles. The number of nitrogens with zero attached hydrogens (tertiary/aromatic N) is 1. The molecule has 0 aromatic heterocycles. The number of aliphatic hydroxyl groups is 1. The molecule has 1 aliphatic heterocycles. The Kier molecular flexibility index (Phi) is 9.69. The van der Waals surface area contributed by atoms with Gasteiger partial charge in [0.05, 0.1) is 18.8 Å². The van der Waals surface area contributed by atoms with Gasteiger partial charge < -0.3 is 19.3 Å². The SMILES string of the molecule is CCOC(=O)[C@@H]1[C@H]2CCC(O)(c3cccc(OCCC(c4ccccc4)c4ccccc4)c3)[C@H]2CN1C(=O)OCc1ccccc1. The van der Waals surface area contributed by atoms with Crippen molar-refractivity contribution < 1.29 is 28.9 Å². The van der Waals surface area contributed by atoms with Gasteiger partial charge in [-0.05, 0) is 66.5 Å². The number of carbonyl (C=O) groups is 2. The van der Waals surface area contributed by atoms with Crippen LogP contribution in [-0.2, 0) is 26.5 Å². The normalized spacial score (nSPS) is 22.0. The maximum Gasteiger partial charge on any atom is 0.410 e. The lowest BCUT2D eigenvalue weighted by Gasteiger charge is -2.31. The van der Waals surface area contributed by atoms with Crippen molar-refractivity contribution in [3.63, 3.8) is 0 Å². The van der Waals surface area contributed by atoms with Crippen LogP contribution in [0.4, 0.5) is 4.79 Å². The Bertz CT molecular complexity index is 1560. The van der Waals surface area contributed by atoms with Gasteiger partial charge >= 0.3 is 12.1 Å². The molecule has 2 fully saturated rings. The molecule has 1 amide bonds. The van der Waals surface area contributed by atoms with E-state index in [9.17, 15) is 14.7 Å². The molecule has 4 aromatic rings. The van der Waals surface area contributed by atoms with Gasteiger partial charge in [-0.3, -0.25) is 4.90 Å². The topological polar surface area (TPSA) is 85.3 Å². The molecule has 4 aromatic carbocycles. The van der Waals surface area contributed by atoms with Gasteiger partial charge in [0.1, 0.15) is 18.4 Å². The summed E-state index contributed by atoms with van der Waals surface area (Å²) in [7, 11) is 0. The number of esters is 1. The molecule has 46 heavy (non-hydrogen) atoms. The molecule has 1 saturated carbocycles. The number of rotatable bonds is 11. The Morgan fingerprint density at radius 1 is 0.870 bits per heavy atom. The van der Waals surface area contributed by atoms with Gasteiger partial charge in [-0.15, -0.1) is 0 Å².